The number of nitriles is 1. The molecule has 3 rings (SSSR count). The van der Waals surface area contributed by atoms with E-state index in [-0.39, 0.29) is 6.04 Å². The monoisotopic (exact) mass is 278 g/mol. The summed E-state index contributed by atoms with van der Waals surface area (Å²) in [6.07, 6.45) is 0.999. The fourth-order valence-corrected chi connectivity index (χ4v) is 2.96. The van der Waals surface area contributed by atoms with Gasteiger partial charge in [-0.15, -0.1) is 0 Å². The maximum absolute atomic E-state index is 8.92. The van der Waals surface area contributed by atoms with Crippen molar-refractivity contribution in [3.8, 4) is 11.8 Å². The summed E-state index contributed by atoms with van der Waals surface area (Å²) in [6, 6.07) is 16.8. The van der Waals surface area contributed by atoms with E-state index in [1.54, 1.807) is 7.11 Å². The van der Waals surface area contributed by atoms with E-state index in [2.05, 4.69) is 30.4 Å². The van der Waals surface area contributed by atoms with E-state index in [1.165, 1.54) is 16.7 Å². The number of hydrogen-bond donors (Lipinski definition) is 1. The van der Waals surface area contributed by atoms with Gasteiger partial charge in [-0.2, -0.15) is 5.26 Å². The van der Waals surface area contributed by atoms with Crippen molar-refractivity contribution in [2.75, 3.05) is 7.11 Å². The number of benzene rings is 2. The topological polar surface area (TPSA) is 45.0 Å². The Morgan fingerprint density at radius 3 is 2.62 bits per heavy atom. The second-order valence-corrected chi connectivity index (χ2v) is 5.50. The molecule has 21 heavy (non-hydrogen) atoms. The van der Waals surface area contributed by atoms with Gasteiger partial charge < -0.3 is 10.1 Å². The summed E-state index contributed by atoms with van der Waals surface area (Å²) in [4.78, 5) is 0. The molecule has 0 aliphatic carbocycles. The van der Waals surface area contributed by atoms with Gasteiger partial charge in [0.05, 0.1) is 24.8 Å². The molecule has 3 heteroatoms. The summed E-state index contributed by atoms with van der Waals surface area (Å²) in [7, 11) is 1.70. The lowest BCUT2D eigenvalue weighted by molar-refractivity contribution is 0.410. The maximum Gasteiger partial charge on any atom is 0.119 e. The Hall–Kier alpha value is -2.31. The van der Waals surface area contributed by atoms with Crippen LogP contribution < -0.4 is 10.1 Å². The van der Waals surface area contributed by atoms with Crippen molar-refractivity contribution in [2.24, 2.45) is 0 Å². The van der Waals surface area contributed by atoms with Crippen molar-refractivity contribution < 1.29 is 4.74 Å². The number of hydrogen-bond acceptors (Lipinski definition) is 3. The first-order valence-electron chi connectivity index (χ1n) is 7.14. The van der Waals surface area contributed by atoms with Gasteiger partial charge in [0.1, 0.15) is 5.75 Å². The summed E-state index contributed by atoms with van der Waals surface area (Å²) in [6.45, 7) is 2.19. The van der Waals surface area contributed by atoms with E-state index in [0.717, 1.165) is 12.2 Å². The van der Waals surface area contributed by atoms with Crippen LogP contribution in [0.1, 0.15) is 35.2 Å². The van der Waals surface area contributed by atoms with Crippen molar-refractivity contribution >= 4 is 0 Å². The minimum atomic E-state index is 0.169. The van der Waals surface area contributed by atoms with Crippen LogP contribution >= 0.6 is 0 Å². The van der Waals surface area contributed by atoms with Crippen molar-refractivity contribution in [1.82, 2.24) is 5.32 Å². The van der Waals surface area contributed by atoms with Crippen LogP contribution in [0.25, 0.3) is 0 Å². The predicted molar refractivity (Wildman–Crippen MR) is 82.3 cm³/mol. The first-order valence-corrected chi connectivity index (χ1v) is 7.14. The molecule has 0 aromatic heterocycles. The normalized spacial score (nSPS) is 20.4. The lowest BCUT2D eigenvalue weighted by atomic mass is 9.87. The molecule has 0 saturated heterocycles. The highest BCUT2D eigenvalue weighted by Crippen LogP contribution is 2.32. The van der Waals surface area contributed by atoms with Gasteiger partial charge in [0, 0.05) is 6.04 Å². The molecule has 2 atom stereocenters. The Balaban J connectivity index is 2.02. The quantitative estimate of drug-likeness (QED) is 0.917. The fourth-order valence-electron chi connectivity index (χ4n) is 2.96. The summed E-state index contributed by atoms with van der Waals surface area (Å²) in [5.74, 6) is 0.904. The highest BCUT2D eigenvalue weighted by atomic mass is 16.5. The number of nitrogens with zero attached hydrogens (tertiary/aromatic N) is 1. The van der Waals surface area contributed by atoms with E-state index in [1.807, 2.05) is 30.3 Å². The Kier molecular flexibility index (Phi) is 3.64. The molecule has 0 fully saturated rings. The van der Waals surface area contributed by atoms with Gasteiger partial charge in [-0.3, -0.25) is 0 Å². The smallest absolute Gasteiger partial charge is 0.119 e. The average Bonchev–Trinajstić information content (AvgIpc) is 2.53. The lowest BCUT2D eigenvalue weighted by Gasteiger charge is -2.32. The summed E-state index contributed by atoms with van der Waals surface area (Å²) in [5.41, 5.74) is 4.50. The molecule has 0 unspecified atom stereocenters. The molecule has 2 aromatic carbocycles. The van der Waals surface area contributed by atoms with Gasteiger partial charge in [0.2, 0.25) is 0 Å². The minimum Gasteiger partial charge on any atom is -0.497 e. The van der Waals surface area contributed by atoms with Gasteiger partial charge in [0.25, 0.3) is 0 Å². The van der Waals surface area contributed by atoms with Gasteiger partial charge in [-0.05, 0) is 54.3 Å². The van der Waals surface area contributed by atoms with E-state index < -0.39 is 0 Å². The molecule has 106 valence electrons. The molecular formula is C18H18N2O. The van der Waals surface area contributed by atoms with Crippen molar-refractivity contribution in [1.29, 1.82) is 5.26 Å². The third-order valence-electron chi connectivity index (χ3n) is 4.01. The fraction of sp³-hybridized carbons (Fsp3) is 0.278. The van der Waals surface area contributed by atoms with Crippen LogP contribution in [0, 0.1) is 11.3 Å². The Morgan fingerprint density at radius 2 is 1.95 bits per heavy atom. The maximum atomic E-state index is 8.92. The molecule has 1 aliphatic heterocycles. The van der Waals surface area contributed by atoms with Crippen molar-refractivity contribution in [3.63, 3.8) is 0 Å². The molecule has 0 saturated carbocycles. The molecule has 1 N–H and O–H groups in total. The zero-order valence-corrected chi connectivity index (χ0v) is 12.3. The SMILES string of the molecule is COc1ccc2c(c1)C[C@H](C)N[C@@H]2c1ccc(C#N)cc1. The van der Waals surface area contributed by atoms with Crippen molar-refractivity contribution in [2.45, 2.75) is 25.4 Å². The molecule has 0 spiro atoms. The van der Waals surface area contributed by atoms with E-state index in [9.17, 15) is 0 Å². The Labute approximate surface area is 125 Å². The second-order valence-electron chi connectivity index (χ2n) is 5.50. The van der Waals surface area contributed by atoms with E-state index >= 15 is 0 Å². The molecule has 0 amide bonds. The highest BCUT2D eigenvalue weighted by molar-refractivity contribution is 5.45. The zero-order valence-electron chi connectivity index (χ0n) is 12.3. The summed E-state index contributed by atoms with van der Waals surface area (Å²) < 4.78 is 5.33. The number of ether oxygens (including phenoxy) is 1. The first kappa shape index (κ1) is 13.7. The van der Waals surface area contributed by atoms with E-state index in [4.69, 9.17) is 10.00 Å². The van der Waals surface area contributed by atoms with Crippen LogP contribution in [0.4, 0.5) is 0 Å². The van der Waals surface area contributed by atoms with Crippen LogP contribution in [0.5, 0.6) is 5.75 Å². The van der Waals surface area contributed by atoms with Gasteiger partial charge in [-0.25, -0.2) is 0 Å². The minimum absolute atomic E-state index is 0.169. The van der Waals surface area contributed by atoms with Gasteiger partial charge in [0.15, 0.2) is 0 Å². The van der Waals surface area contributed by atoms with Crippen LogP contribution in [-0.4, -0.2) is 13.2 Å². The van der Waals surface area contributed by atoms with Crippen LogP contribution in [0.2, 0.25) is 0 Å². The number of methoxy groups -OCH3 is 1. The van der Waals surface area contributed by atoms with E-state index in [0.29, 0.717) is 11.6 Å². The Morgan fingerprint density at radius 1 is 1.19 bits per heavy atom. The molecule has 0 bridgehead atoms. The number of nitrogens with one attached hydrogen (secondary N) is 1. The van der Waals surface area contributed by atoms with Gasteiger partial charge >= 0.3 is 0 Å². The van der Waals surface area contributed by atoms with Gasteiger partial charge in [-0.1, -0.05) is 18.2 Å². The molecule has 1 aliphatic rings. The predicted octanol–water partition coefficient (Wildman–Crippen LogP) is 3.19. The molecular weight excluding hydrogens is 260 g/mol. The Bertz CT molecular complexity index is 685. The largest absolute Gasteiger partial charge is 0.497 e. The zero-order chi connectivity index (χ0) is 14.8. The van der Waals surface area contributed by atoms with Crippen molar-refractivity contribution in [3.05, 3.63) is 64.7 Å². The third kappa shape index (κ3) is 2.63. The standard InChI is InChI=1S/C18H18N2O/c1-12-9-15-10-16(21-2)7-8-17(15)18(20-12)14-5-3-13(11-19)4-6-14/h3-8,10,12,18,20H,9H2,1-2H3/t12-,18+/m0/s1. The molecule has 2 aromatic rings. The van der Waals surface area contributed by atoms with Crippen LogP contribution in [-0.2, 0) is 6.42 Å². The van der Waals surface area contributed by atoms with Crippen LogP contribution in [0.15, 0.2) is 42.5 Å². The summed E-state index contributed by atoms with van der Waals surface area (Å²) in [5, 5.41) is 12.6. The van der Waals surface area contributed by atoms with Crippen LogP contribution in [0.3, 0.4) is 0 Å². The molecule has 0 radical (unpaired) electrons. The number of fused-ring (bicyclic) bond motifs is 1. The molecule has 3 nitrogen and oxygen atoms in total. The third-order valence-corrected chi connectivity index (χ3v) is 4.01. The summed E-state index contributed by atoms with van der Waals surface area (Å²) >= 11 is 0. The molecule has 1 heterocycles. The highest BCUT2D eigenvalue weighted by Gasteiger charge is 2.25. The second kappa shape index (κ2) is 5.59. The first-order chi connectivity index (χ1) is 10.2. The lowest BCUT2D eigenvalue weighted by Crippen LogP contribution is -2.37. The average molecular weight is 278 g/mol. The number of rotatable bonds is 2.